The molecule has 2 aliphatic carbocycles. The van der Waals surface area contributed by atoms with Gasteiger partial charge in [-0.15, -0.1) is 0 Å². The van der Waals surface area contributed by atoms with Gasteiger partial charge in [0, 0.05) is 0 Å². The van der Waals surface area contributed by atoms with Crippen molar-refractivity contribution in [1.82, 2.24) is 0 Å². The second-order valence-corrected chi connectivity index (χ2v) is 7.43. The molecule has 5 atom stereocenters. The summed E-state index contributed by atoms with van der Waals surface area (Å²) in [5.41, 5.74) is -1.70. The summed E-state index contributed by atoms with van der Waals surface area (Å²) in [6.07, 6.45) is 3.07. The monoisotopic (exact) mass is 256 g/mol. The van der Waals surface area contributed by atoms with Gasteiger partial charge in [-0.3, -0.25) is 0 Å². The van der Waals surface area contributed by atoms with Gasteiger partial charge in [0.15, 0.2) is 0 Å². The van der Waals surface area contributed by atoms with E-state index in [2.05, 4.69) is 6.92 Å². The molecule has 0 aromatic heterocycles. The van der Waals surface area contributed by atoms with E-state index < -0.39 is 11.2 Å². The maximum atomic E-state index is 10.7. The van der Waals surface area contributed by atoms with Crippen LogP contribution in [0.4, 0.5) is 0 Å². The van der Waals surface area contributed by atoms with Gasteiger partial charge in [0.05, 0.1) is 17.3 Å². The van der Waals surface area contributed by atoms with E-state index in [1.54, 1.807) is 0 Å². The number of aliphatic hydroxyl groups excluding tert-OH is 1. The summed E-state index contributed by atoms with van der Waals surface area (Å²) in [5.74, 6) is 0.173. The van der Waals surface area contributed by atoms with E-state index in [0.29, 0.717) is 19.3 Å². The van der Waals surface area contributed by atoms with Crippen LogP contribution in [0.5, 0.6) is 0 Å². The minimum Gasteiger partial charge on any atom is -0.393 e. The highest BCUT2D eigenvalue weighted by molar-refractivity contribution is 5.08. The van der Waals surface area contributed by atoms with Crippen LogP contribution in [0.1, 0.15) is 59.8 Å². The maximum absolute atomic E-state index is 10.7. The highest BCUT2D eigenvalue weighted by Crippen LogP contribution is 2.57. The van der Waals surface area contributed by atoms with Crippen LogP contribution in [-0.2, 0) is 0 Å². The third kappa shape index (κ3) is 2.00. The zero-order valence-electron chi connectivity index (χ0n) is 12.1. The molecule has 0 saturated heterocycles. The average molecular weight is 256 g/mol. The summed E-state index contributed by atoms with van der Waals surface area (Å²) in [7, 11) is 0. The van der Waals surface area contributed by atoms with Crippen molar-refractivity contribution in [2.75, 3.05) is 0 Å². The number of hydrogen-bond donors (Lipinski definition) is 3. The van der Waals surface area contributed by atoms with Gasteiger partial charge in [-0.2, -0.15) is 0 Å². The molecule has 106 valence electrons. The summed E-state index contributed by atoms with van der Waals surface area (Å²) >= 11 is 0. The summed E-state index contributed by atoms with van der Waals surface area (Å²) < 4.78 is 0. The molecule has 0 aromatic carbocycles. The summed E-state index contributed by atoms with van der Waals surface area (Å²) in [6.45, 7) is 8.02. The smallest absolute Gasteiger partial charge is 0.0674 e. The lowest BCUT2D eigenvalue weighted by molar-refractivity contribution is -0.208. The zero-order valence-corrected chi connectivity index (χ0v) is 12.1. The topological polar surface area (TPSA) is 60.7 Å². The number of rotatable bonds is 1. The molecule has 0 spiro atoms. The zero-order chi connectivity index (χ0) is 13.8. The van der Waals surface area contributed by atoms with Crippen molar-refractivity contribution >= 4 is 0 Å². The third-order valence-corrected chi connectivity index (χ3v) is 5.96. The van der Waals surface area contributed by atoms with Crippen molar-refractivity contribution in [3.05, 3.63) is 0 Å². The minimum absolute atomic E-state index is 0.0186. The van der Waals surface area contributed by atoms with Crippen molar-refractivity contribution in [1.29, 1.82) is 0 Å². The molecule has 2 saturated carbocycles. The van der Waals surface area contributed by atoms with E-state index in [-0.39, 0.29) is 23.4 Å². The normalized spacial score (nSPS) is 53.3. The van der Waals surface area contributed by atoms with Gasteiger partial charge in [0.2, 0.25) is 0 Å². The van der Waals surface area contributed by atoms with Gasteiger partial charge < -0.3 is 15.3 Å². The summed E-state index contributed by atoms with van der Waals surface area (Å²) in [5, 5.41) is 31.7. The fourth-order valence-electron chi connectivity index (χ4n) is 4.14. The predicted octanol–water partition coefficient (Wildman–Crippen LogP) is 2.09. The summed E-state index contributed by atoms with van der Waals surface area (Å²) in [6, 6.07) is 0. The highest BCUT2D eigenvalue weighted by Gasteiger charge is 2.58. The Morgan fingerprint density at radius 2 is 1.67 bits per heavy atom. The molecule has 18 heavy (non-hydrogen) atoms. The lowest BCUT2D eigenvalue weighted by Gasteiger charge is -2.58. The van der Waals surface area contributed by atoms with Crippen LogP contribution >= 0.6 is 0 Å². The van der Waals surface area contributed by atoms with E-state index in [1.807, 2.05) is 20.8 Å². The van der Waals surface area contributed by atoms with Gasteiger partial charge >= 0.3 is 0 Å². The Morgan fingerprint density at radius 1 is 1.06 bits per heavy atom. The van der Waals surface area contributed by atoms with Crippen molar-refractivity contribution in [2.45, 2.75) is 77.1 Å². The van der Waals surface area contributed by atoms with Gasteiger partial charge in [-0.25, -0.2) is 0 Å². The van der Waals surface area contributed by atoms with Crippen LogP contribution in [0.15, 0.2) is 0 Å². The molecular formula is C15H28O3. The van der Waals surface area contributed by atoms with E-state index in [1.165, 1.54) is 0 Å². The molecule has 0 heterocycles. The van der Waals surface area contributed by atoms with Crippen molar-refractivity contribution in [2.24, 2.45) is 17.3 Å². The first-order valence-electron chi connectivity index (χ1n) is 7.25. The van der Waals surface area contributed by atoms with Gasteiger partial charge in [-0.1, -0.05) is 20.8 Å². The van der Waals surface area contributed by atoms with Crippen LogP contribution in [0, 0.1) is 17.3 Å². The van der Waals surface area contributed by atoms with Crippen molar-refractivity contribution in [3.63, 3.8) is 0 Å². The first kappa shape index (κ1) is 14.3. The summed E-state index contributed by atoms with van der Waals surface area (Å²) in [4.78, 5) is 0. The lowest BCUT2D eigenvalue weighted by atomic mass is 9.50. The van der Waals surface area contributed by atoms with Crippen LogP contribution < -0.4 is 0 Å². The quantitative estimate of drug-likeness (QED) is 0.673. The number of aliphatic hydroxyl groups is 3. The molecule has 2 rings (SSSR count). The fourth-order valence-corrected chi connectivity index (χ4v) is 4.14. The van der Waals surface area contributed by atoms with Crippen LogP contribution in [0.2, 0.25) is 0 Å². The van der Waals surface area contributed by atoms with Gasteiger partial charge in [0.25, 0.3) is 0 Å². The van der Waals surface area contributed by atoms with Crippen LogP contribution in [0.3, 0.4) is 0 Å². The van der Waals surface area contributed by atoms with Gasteiger partial charge in [-0.05, 0) is 56.3 Å². The molecule has 3 N–H and O–H groups in total. The average Bonchev–Trinajstić information content (AvgIpc) is 2.27. The number of hydrogen-bond acceptors (Lipinski definition) is 3. The molecule has 0 aliphatic heterocycles. The maximum Gasteiger partial charge on any atom is 0.0674 e. The fraction of sp³-hybridized carbons (Fsp3) is 1.00. The molecule has 3 nitrogen and oxygen atoms in total. The van der Waals surface area contributed by atoms with E-state index in [9.17, 15) is 15.3 Å². The minimum atomic E-state index is -0.767. The Bertz CT molecular complexity index is 326. The molecule has 2 fully saturated rings. The Morgan fingerprint density at radius 3 is 2.22 bits per heavy atom. The van der Waals surface area contributed by atoms with Crippen molar-refractivity contribution in [3.8, 4) is 0 Å². The second-order valence-electron chi connectivity index (χ2n) is 7.43. The molecule has 2 aliphatic rings. The predicted molar refractivity (Wildman–Crippen MR) is 71.1 cm³/mol. The van der Waals surface area contributed by atoms with Crippen molar-refractivity contribution < 1.29 is 15.3 Å². The second kappa shape index (κ2) is 4.19. The Hall–Kier alpha value is -0.120. The van der Waals surface area contributed by atoms with Gasteiger partial charge in [0.1, 0.15) is 0 Å². The highest BCUT2D eigenvalue weighted by atomic mass is 16.3. The molecule has 3 heteroatoms. The first-order chi connectivity index (χ1) is 8.12. The molecule has 5 unspecified atom stereocenters. The first-order valence-corrected chi connectivity index (χ1v) is 7.25. The molecule has 0 aromatic rings. The van der Waals surface area contributed by atoms with E-state index in [0.717, 1.165) is 12.8 Å². The molecule has 0 bridgehead atoms. The van der Waals surface area contributed by atoms with E-state index in [4.69, 9.17) is 0 Å². The Labute approximate surface area is 110 Å². The standard InChI is InChI=1S/C15H28O3/c1-10(2)15(18)8-7-13(3)11(9-15)14(4,17)6-5-12(13)16/h10-12,16-18H,5-9H2,1-4H3. The molecular weight excluding hydrogens is 228 g/mol. The van der Waals surface area contributed by atoms with Crippen LogP contribution in [-0.4, -0.2) is 32.6 Å². The van der Waals surface area contributed by atoms with E-state index >= 15 is 0 Å². The largest absolute Gasteiger partial charge is 0.393 e. The molecule has 0 amide bonds. The van der Waals surface area contributed by atoms with Crippen LogP contribution in [0.25, 0.3) is 0 Å². The molecule has 0 radical (unpaired) electrons. The number of fused-ring (bicyclic) bond motifs is 1. The Balaban J connectivity index is 2.32. The Kier molecular flexibility index (Phi) is 3.33. The SMILES string of the molecule is CC(C)C1(O)CCC2(C)C(O)CCC(C)(O)C2C1. The lowest BCUT2D eigenvalue weighted by Crippen LogP contribution is -2.61. The third-order valence-electron chi connectivity index (χ3n) is 5.96.